The molecule has 90 valence electrons. The van der Waals surface area contributed by atoms with E-state index >= 15 is 0 Å². The Hall–Kier alpha value is -0.0400. The summed E-state index contributed by atoms with van der Waals surface area (Å²) < 4.78 is 0. The van der Waals surface area contributed by atoms with Gasteiger partial charge in [0.05, 0.1) is 0 Å². The van der Waals surface area contributed by atoms with E-state index in [2.05, 4.69) is 26.1 Å². The van der Waals surface area contributed by atoms with Crippen molar-refractivity contribution < 1.29 is 0 Å². The normalized spacial score (nSPS) is 29.0. The average molecular weight is 211 g/mol. The minimum Gasteiger partial charge on any atom is -0.316 e. The van der Waals surface area contributed by atoms with Crippen molar-refractivity contribution in [1.82, 2.24) is 5.32 Å². The number of nitrogens with one attached hydrogen (secondary N) is 1. The molecule has 0 radical (unpaired) electrons. The first-order valence-electron chi connectivity index (χ1n) is 6.93. The van der Waals surface area contributed by atoms with E-state index in [9.17, 15) is 0 Å². The van der Waals surface area contributed by atoms with E-state index in [0.29, 0.717) is 0 Å². The molecule has 0 heterocycles. The second-order valence-corrected chi connectivity index (χ2v) is 5.64. The van der Waals surface area contributed by atoms with Gasteiger partial charge in [-0.2, -0.15) is 0 Å². The molecule has 0 aromatic heterocycles. The molecule has 1 aliphatic rings. The van der Waals surface area contributed by atoms with Gasteiger partial charge in [-0.1, -0.05) is 46.5 Å². The van der Waals surface area contributed by atoms with Crippen molar-refractivity contribution >= 4 is 0 Å². The first-order chi connectivity index (χ1) is 7.22. The summed E-state index contributed by atoms with van der Waals surface area (Å²) in [6.07, 6.45) is 8.60. The van der Waals surface area contributed by atoms with E-state index in [0.717, 1.165) is 17.8 Å². The second-order valence-electron chi connectivity index (χ2n) is 5.64. The molecule has 0 aromatic carbocycles. The zero-order valence-electron chi connectivity index (χ0n) is 10.9. The molecule has 0 aliphatic heterocycles. The lowest BCUT2D eigenvalue weighted by atomic mass is 9.81. The van der Waals surface area contributed by atoms with Crippen LogP contribution in [0.1, 0.15) is 59.3 Å². The molecule has 0 spiro atoms. The van der Waals surface area contributed by atoms with Gasteiger partial charge >= 0.3 is 0 Å². The van der Waals surface area contributed by atoms with Crippen LogP contribution in [-0.4, -0.2) is 13.1 Å². The third-order valence-electron chi connectivity index (χ3n) is 3.96. The minimum atomic E-state index is 0.843. The van der Waals surface area contributed by atoms with E-state index in [4.69, 9.17) is 0 Å². The molecule has 0 aromatic rings. The molecule has 0 amide bonds. The van der Waals surface area contributed by atoms with Crippen LogP contribution in [-0.2, 0) is 0 Å². The smallest absolute Gasteiger partial charge is 0.00233 e. The van der Waals surface area contributed by atoms with Gasteiger partial charge in [0.2, 0.25) is 0 Å². The van der Waals surface area contributed by atoms with E-state index in [-0.39, 0.29) is 0 Å². The molecule has 1 rings (SSSR count). The van der Waals surface area contributed by atoms with Crippen LogP contribution in [0.25, 0.3) is 0 Å². The molecular weight excluding hydrogens is 182 g/mol. The fourth-order valence-electron chi connectivity index (χ4n) is 2.62. The molecule has 0 saturated heterocycles. The van der Waals surface area contributed by atoms with E-state index in [1.807, 2.05) is 0 Å². The third-order valence-corrected chi connectivity index (χ3v) is 3.96. The fraction of sp³-hybridized carbons (Fsp3) is 1.00. The highest BCUT2D eigenvalue weighted by atomic mass is 14.8. The van der Waals surface area contributed by atoms with Gasteiger partial charge in [-0.15, -0.1) is 0 Å². The summed E-state index contributed by atoms with van der Waals surface area (Å²) in [5.74, 6) is 2.84. The van der Waals surface area contributed by atoms with Gasteiger partial charge in [0, 0.05) is 0 Å². The summed E-state index contributed by atoms with van der Waals surface area (Å²) in [5.41, 5.74) is 0. The van der Waals surface area contributed by atoms with Gasteiger partial charge in [0.1, 0.15) is 0 Å². The molecular formula is C14H29N. The predicted molar refractivity (Wildman–Crippen MR) is 68.1 cm³/mol. The largest absolute Gasteiger partial charge is 0.316 e. The van der Waals surface area contributed by atoms with Crippen LogP contribution < -0.4 is 5.32 Å². The van der Waals surface area contributed by atoms with Crippen LogP contribution in [0.3, 0.4) is 0 Å². The fourth-order valence-corrected chi connectivity index (χ4v) is 2.62. The Balaban J connectivity index is 1.99. The van der Waals surface area contributed by atoms with E-state index < -0.39 is 0 Å². The van der Waals surface area contributed by atoms with Crippen molar-refractivity contribution in [1.29, 1.82) is 0 Å². The van der Waals surface area contributed by atoms with Gasteiger partial charge in [-0.3, -0.25) is 0 Å². The van der Waals surface area contributed by atoms with Crippen molar-refractivity contribution in [2.45, 2.75) is 59.3 Å². The van der Waals surface area contributed by atoms with Crippen molar-refractivity contribution in [3.63, 3.8) is 0 Å². The molecule has 0 bridgehead atoms. The van der Waals surface area contributed by atoms with Crippen molar-refractivity contribution in [2.75, 3.05) is 13.1 Å². The van der Waals surface area contributed by atoms with Crippen LogP contribution in [0, 0.1) is 17.8 Å². The molecule has 15 heavy (non-hydrogen) atoms. The van der Waals surface area contributed by atoms with E-state index in [1.54, 1.807) is 0 Å². The van der Waals surface area contributed by atoms with Crippen LogP contribution in [0.15, 0.2) is 0 Å². The van der Waals surface area contributed by atoms with Crippen LogP contribution >= 0.6 is 0 Å². The molecule has 1 saturated carbocycles. The van der Waals surface area contributed by atoms with Crippen LogP contribution in [0.2, 0.25) is 0 Å². The Morgan fingerprint density at radius 2 is 2.13 bits per heavy atom. The SMILES string of the molecule is CCC(C)CNCCC1CCCC(C)C1. The number of hydrogen-bond acceptors (Lipinski definition) is 1. The van der Waals surface area contributed by atoms with Crippen molar-refractivity contribution in [3.8, 4) is 0 Å². The standard InChI is InChI=1S/C14H29N/c1-4-12(2)11-15-9-8-14-7-5-6-13(3)10-14/h12-15H,4-11H2,1-3H3. The lowest BCUT2D eigenvalue weighted by Crippen LogP contribution is -2.25. The predicted octanol–water partition coefficient (Wildman–Crippen LogP) is 3.84. The Morgan fingerprint density at radius 3 is 2.80 bits per heavy atom. The first kappa shape index (κ1) is 13.0. The van der Waals surface area contributed by atoms with Gasteiger partial charge < -0.3 is 5.32 Å². The monoisotopic (exact) mass is 211 g/mol. The summed E-state index contributed by atoms with van der Waals surface area (Å²) >= 11 is 0. The quantitative estimate of drug-likeness (QED) is 0.658. The zero-order chi connectivity index (χ0) is 11.1. The summed E-state index contributed by atoms with van der Waals surface area (Å²) in [6, 6.07) is 0. The Bertz CT molecular complexity index is 155. The average Bonchev–Trinajstić information content (AvgIpc) is 2.24. The minimum absolute atomic E-state index is 0.843. The van der Waals surface area contributed by atoms with Gasteiger partial charge in [-0.05, 0) is 43.7 Å². The molecule has 1 aliphatic carbocycles. The highest BCUT2D eigenvalue weighted by Gasteiger charge is 2.17. The highest BCUT2D eigenvalue weighted by Crippen LogP contribution is 2.30. The topological polar surface area (TPSA) is 12.0 Å². The summed E-state index contributed by atoms with van der Waals surface area (Å²) in [4.78, 5) is 0. The molecule has 1 fully saturated rings. The van der Waals surface area contributed by atoms with Crippen LogP contribution in [0.5, 0.6) is 0 Å². The molecule has 1 nitrogen and oxygen atoms in total. The Kier molecular flexibility index (Phi) is 6.31. The summed E-state index contributed by atoms with van der Waals surface area (Å²) in [5, 5.41) is 3.60. The zero-order valence-corrected chi connectivity index (χ0v) is 10.9. The molecule has 1 heteroatoms. The third kappa shape index (κ3) is 5.55. The summed E-state index contributed by atoms with van der Waals surface area (Å²) in [6.45, 7) is 9.46. The first-order valence-corrected chi connectivity index (χ1v) is 6.93. The van der Waals surface area contributed by atoms with Gasteiger partial charge in [0.15, 0.2) is 0 Å². The number of rotatable bonds is 6. The maximum Gasteiger partial charge on any atom is -0.00233 e. The molecule has 3 unspecified atom stereocenters. The Labute approximate surface area is 96.0 Å². The Morgan fingerprint density at radius 1 is 1.33 bits per heavy atom. The summed E-state index contributed by atoms with van der Waals surface area (Å²) in [7, 11) is 0. The lowest BCUT2D eigenvalue weighted by molar-refractivity contribution is 0.266. The van der Waals surface area contributed by atoms with Gasteiger partial charge in [-0.25, -0.2) is 0 Å². The molecule has 3 atom stereocenters. The number of hydrogen-bond donors (Lipinski definition) is 1. The maximum atomic E-state index is 3.60. The van der Waals surface area contributed by atoms with Crippen LogP contribution in [0.4, 0.5) is 0 Å². The second kappa shape index (κ2) is 7.27. The lowest BCUT2D eigenvalue weighted by Gasteiger charge is -2.26. The van der Waals surface area contributed by atoms with Crippen molar-refractivity contribution in [2.24, 2.45) is 17.8 Å². The van der Waals surface area contributed by atoms with Gasteiger partial charge in [0.25, 0.3) is 0 Å². The molecule has 1 N–H and O–H groups in total. The van der Waals surface area contributed by atoms with Crippen molar-refractivity contribution in [3.05, 3.63) is 0 Å². The highest BCUT2D eigenvalue weighted by molar-refractivity contribution is 4.71. The van der Waals surface area contributed by atoms with E-state index in [1.165, 1.54) is 51.6 Å². The maximum absolute atomic E-state index is 3.60.